The molecule has 1 aliphatic rings. The van der Waals surface area contributed by atoms with Gasteiger partial charge in [0.1, 0.15) is 29.6 Å². The van der Waals surface area contributed by atoms with Crippen LogP contribution < -0.4 is 4.90 Å². The third-order valence-electron chi connectivity index (χ3n) is 5.75. The van der Waals surface area contributed by atoms with Crippen molar-refractivity contribution in [3.8, 4) is 0 Å². The lowest BCUT2D eigenvalue weighted by Gasteiger charge is -2.23. The summed E-state index contributed by atoms with van der Waals surface area (Å²) in [5, 5.41) is 10.6. The van der Waals surface area contributed by atoms with Crippen LogP contribution in [0.4, 0.5) is 23.7 Å². The summed E-state index contributed by atoms with van der Waals surface area (Å²) in [5.74, 6) is -1.84. The zero-order valence-corrected chi connectivity index (χ0v) is 18.8. The zero-order chi connectivity index (χ0) is 25.1. The van der Waals surface area contributed by atoms with E-state index in [1.165, 1.54) is 77.7 Å². The number of aliphatic hydroxyl groups is 1. The molecule has 0 radical (unpaired) electrons. The highest BCUT2D eigenvalue weighted by Gasteiger charge is 2.44. The van der Waals surface area contributed by atoms with Crippen molar-refractivity contribution in [3.63, 3.8) is 0 Å². The molecular weight excluding hydrogens is 461 g/mol. The molecule has 3 aromatic rings. The molecule has 0 aromatic heterocycles. The number of benzene rings is 3. The summed E-state index contributed by atoms with van der Waals surface area (Å²) >= 11 is 0. The first-order valence-corrected chi connectivity index (χ1v) is 11.0. The Kier molecular flexibility index (Phi) is 7.18. The number of ether oxygens (including phenoxy) is 1. The number of anilines is 1. The number of carbonyl (C=O) groups is 2. The van der Waals surface area contributed by atoms with Gasteiger partial charge in [-0.1, -0.05) is 24.3 Å². The standard InChI is InChI=1S/C26H23F3N2O4/c1-16-25(33)30(26(34)31(16)22-12-10-21(29)11-13-22)14-23(32)15-35-24(17-2-6-19(27)7-3-17)18-4-8-20(28)9-5-18/h2-13,16,23-24,32H,14-15H2,1H3. The summed E-state index contributed by atoms with van der Waals surface area (Å²) in [6.45, 7) is 0.965. The average Bonchev–Trinajstić information content (AvgIpc) is 3.05. The monoisotopic (exact) mass is 484 g/mol. The van der Waals surface area contributed by atoms with Crippen LogP contribution in [0.3, 0.4) is 0 Å². The predicted octanol–water partition coefficient (Wildman–Crippen LogP) is 4.43. The van der Waals surface area contributed by atoms with Crippen LogP contribution in [0.5, 0.6) is 0 Å². The summed E-state index contributed by atoms with van der Waals surface area (Å²) in [5.41, 5.74) is 1.52. The first kappa shape index (κ1) is 24.4. The number of nitrogens with zero attached hydrogens (tertiary/aromatic N) is 2. The van der Waals surface area contributed by atoms with E-state index in [0.717, 1.165) is 4.90 Å². The molecule has 4 rings (SSSR count). The Morgan fingerprint density at radius 3 is 1.77 bits per heavy atom. The largest absolute Gasteiger partial charge is 0.389 e. The van der Waals surface area contributed by atoms with Crippen molar-refractivity contribution >= 4 is 17.6 Å². The topological polar surface area (TPSA) is 70.1 Å². The number of rotatable bonds is 8. The van der Waals surface area contributed by atoms with Crippen molar-refractivity contribution < 1.29 is 32.6 Å². The van der Waals surface area contributed by atoms with Crippen molar-refractivity contribution in [1.82, 2.24) is 4.90 Å². The molecule has 1 N–H and O–H groups in total. The average molecular weight is 484 g/mol. The fourth-order valence-corrected chi connectivity index (χ4v) is 3.96. The molecule has 1 saturated heterocycles. The van der Waals surface area contributed by atoms with Crippen molar-refractivity contribution in [2.45, 2.75) is 25.2 Å². The van der Waals surface area contributed by atoms with Crippen LogP contribution in [0.25, 0.3) is 0 Å². The van der Waals surface area contributed by atoms with Crippen LogP contribution in [0.1, 0.15) is 24.2 Å². The van der Waals surface area contributed by atoms with E-state index in [1.807, 2.05) is 0 Å². The molecule has 1 fully saturated rings. The van der Waals surface area contributed by atoms with Gasteiger partial charge in [-0.2, -0.15) is 0 Å². The maximum absolute atomic E-state index is 13.4. The highest BCUT2D eigenvalue weighted by Crippen LogP contribution is 2.28. The van der Waals surface area contributed by atoms with E-state index in [0.29, 0.717) is 16.8 Å². The maximum atomic E-state index is 13.4. The number of halogens is 3. The molecule has 182 valence electrons. The normalized spacial score (nSPS) is 16.9. The molecule has 6 nitrogen and oxygen atoms in total. The minimum Gasteiger partial charge on any atom is -0.389 e. The Hall–Kier alpha value is -3.69. The predicted molar refractivity (Wildman–Crippen MR) is 122 cm³/mol. The molecule has 2 atom stereocenters. The van der Waals surface area contributed by atoms with E-state index < -0.39 is 47.6 Å². The van der Waals surface area contributed by atoms with Gasteiger partial charge < -0.3 is 9.84 Å². The number of aliphatic hydroxyl groups excluding tert-OH is 1. The molecule has 0 bridgehead atoms. The van der Waals surface area contributed by atoms with Crippen molar-refractivity contribution in [3.05, 3.63) is 101 Å². The van der Waals surface area contributed by atoms with E-state index in [-0.39, 0.29) is 13.2 Å². The molecule has 2 unspecified atom stereocenters. The molecule has 0 saturated carbocycles. The SMILES string of the molecule is CC1C(=O)N(CC(O)COC(c2ccc(F)cc2)c2ccc(F)cc2)C(=O)N1c1ccc(F)cc1. The molecular formula is C26H23F3N2O4. The van der Waals surface area contributed by atoms with Crippen molar-refractivity contribution in [2.24, 2.45) is 0 Å². The molecule has 0 spiro atoms. The Labute approximate surface area is 200 Å². The second-order valence-corrected chi connectivity index (χ2v) is 8.22. The fourth-order valence-electron chi connectivity index (χ4n) is 3.96. The number of hydrogen-bond donors (Lipinski definition) is 1. The van der Waals surface area contributed by atoms with Gasteiger partial charge in [0.15, 0.2) is 0 Å². The van der Waals surface area contributed by atoms with Crippen LogP contribution in [0, 0.1) is 17.5 Å². The summed E-state index contributed by atoms with van der Waals surface area (Å²) in [6.07, 6.45) is -1.97. The lowest BCUT2D eigenvalue weighted by atomic mass is 10.0. The number of urea groups is 1. The zero-order valence-electron chi connectivity index (χ0n) is 18.8. The Bertz CT molecular complexity index is 1140. The highest BCUT2D eigenvalue weighted by molar-refractivity contribution is 6.14. The van der Waals surface area contributed by atoms with Crippen LogP contribution in [-0.2, 0) is 9.53 Å². The van der Waals surface area contributed by atoms with Crippen molar-refractivity contribution in [2.75, 3.05) is 18.1 Å². The number of hydrogen-bond acceptors (Lipinski definition) is 4. The summed E-state index contributed by atoms with van der Waals surface area (Å²) in [4.78, 5) is 27.8. The van der Waals surface area contributed by atoms with Crippen LogP contribution in [0.2, 0.25) is 0 Å². The van der Waals surface area contributed by atoms with Crippen LogP contribution >= 0.6 is 0 Å². The number of carbonyl (C=O) groups excluding carboxylic acids is 2. The second-order valence-electron chi connectivity index (χ2n) is 8.22. The second kappa shape index (κ2) is 10.3. The van der Waals surface area contributed by atoms with Gasteiger partial charge in [0.2, 0.25) is 0 Å². The maximum Gasteiger partial charge on any atom is 0.332 e. The smallest absolute Gasteiger partial charge is 0.332 e. The quantitative estimate of drug-likeness (QED) is 0.481. The summed E-state index contributed by atoms with van der Waals surface area (Å²) < 4.78 is 46.0. The highest BCUT2D eigenvalue weighted by atomic mass is 19.1. The summed E-state index contributed by atoms with van der Waals surface area (Å²) in [7, 11) is 0. The van der Waals surface area contributed by atoms with E-state index in [4.69, 9.17) is 4.74 Å². The van der Waals surface area contributed by atoms with E-state index in [1.54, 1.807) is 6.92 Å². The van der Waals surface area contributed by atoms with E-state index in [9.17, 15) is 27.9 Å². The van der Waals surface area contributed by atoms with Gasteiger partial charge in [0.25, 0.3) is 5.91 Å². The third kappa shape index (κ3) is 5.36. The Balaban J connectivity index is 1.46. The van der Waals surface area contributed by atoms with E-state index >= 15 is 0 Å². The van der Waals surface area contributed by atoms with Gasteiger partial charge in [0.05, 0.1) is 19.3 Å². The Morgan fingerprint density at radius 2 is 1.29 bits per heavy atom. The number of imide groups is 1. The minimum absolute atomic E-state index is 0.262. The molecule has 9 heteroatoms. The Morgan fingerprint density at radius 1 is 0.829 bits per heavy atom. The summed E-state index contributed by atoms with van der Waals surface area (Å²) in [6, 6.07) is 14.8. The molecule has 1 aliphatic heterocycles. The van der Waals surface area contributed by atoms with Gasteiger partial charge in [-0.3, -0.25) is 14.6 Å². The van der Waals surface area contributed by atoms with Gasteiger partial charge in [0, 0.05) is 5.69 Å². The third-order valence-corrected chi connectivity index (χ3v) is 5.75. The number of amides is 3. The van der Waals surface area contributed by atoms with Gasteiger partial charge in [-0.15, -0.1) is 0 Å². The van der Waals surface area contributed by atoms with E-state index in [2.05, 4.69) is 0 Å². The molecule has 1 heterocycles. The van der Waals surface area contributed by atoms with Gasteiger partial charge in [-0.25, -0.2) is 18.0 Å². The lowest BCUT2D eigenvalue weighted by molar-refractivity contribution is -0.128. The van der Waals surface area contributed by atoms with Gasteiger partial charge >= 0.3 is 6.03 Å². The number of β-amino-alcohol motifs (C(OH)–C–C–N with tert-alkyl or cyclic N) is 1. The minimum atomic E-state index is -1.23. The molecule has 3 amide bonds. The molecule has 35 heavy (non-hydrogen) atoms. The van der Waals surface area contributed by atoms with Crippen LogP contribution in [0.15, 0.2) is 72.8 Å². The van der Waals surface area contributed by atoms with Crippen LogP contribution in [-0.4, -0.2) is 47.2 Å². The molecule has 3 aromatic carbocycles. The lowest BCUT2D eigenvalue weighted by Crippen LogP contribution is -2.40. The molecule has 0 aliphatic carbocycles. The first-order chi connectivity index (χ1) is 16.7. The van der Waals surface area contributed by atoms with Gasteiger partial charge in [-0.05, 0) is 66.6 Å². The fraction of sp³-hybridized carbons (Fsp3) is 0.231. The van der Waals surface area contributed by atoms with Crippen molar-refractivity contribution in [1.29, 1.82) is 0 Å². The first-order valence-electron chi connectivity index (χ1n) is 11.0.